The van der Waals surface area contributed by atoms with Crippen LogP contribution in [0.25, 0.3) is 0 Å². The lowest BCUT2D eigenvalue weighted by molar-refractivity contribution is -0.134. The van der Waals surface area contributed by atoms with Gasteiger partial charge in [-0.05, 0) is 32.0 Å². The van der Waals surface area contributed by atoms with E-state index in [9.17, 15) is 14.0 Å². The second-order valence-corrected chi connectivity index (χ2v) is 6.75. The molecule has 0 spiro atoms. The number of nitrogens with zero attached hydrogens (tertiary/aromatic N) is 3. The van der Waals surface area contributed by atoms with E-state index in [1.54, 1.807) is 18.2 Å². The molecule has 3 atom stereocenters. The first-order valence-electron chi connectivity index (χ1n) is 8.31. The average molecular weight is 329 g/mol. The molecule has 5 nitrogen and oxygen atoms in total. The first kappa shape index (κ1) is 15.3. The van der Waals surface area contributed by atoms with Gasteiger partial charge < -0.3 is 9.80 Å². The van der Waals surface area contributed by atoms with Gasteiger partial charge in [0.1, 0.15) is 5.82 Å². The van der Waals surface area contributed by atoms with Crippen LogP contribution in [0.4, 0.5) is 10.1 Å². The molecule has 2 heterocycles. The molecule has 1 aromatic carbocycles. The number of carbonyl (C=O) groups excluding carboxylic acids is 2. The molecule has 0 saturated carbocycles. The predicted octanol–water partition coefficient (Wildman–Crippen LogP) is 1.61. The third kappa shape index (κ3) is 2.33. The SMILES string of the molecule is CN(CN1C(=O)C2C=CC1C2)C1CCN(c2ccccc2F)C1=O. The maximum absolute atomic E-state index is 14.0. The van der Waals surface area contributed by atoms with Crippen LogP contribution in [-0.4, -0.2) is 54.0 Å². The molecule has 0 radical (unpaired) electrons. The summed E-state index contributed by atoms with van der Waals surface area (Å²) in [5.41, 5.74) is 0.331. The van der Waals surface area contributed by atoms with Gasteiger partial charge >= 0.3 is 0 Å². The average Bonchev–Trinajstić information content (AvgIpc) is 3.25. The number of halogens is 1. The molecule has 3 aliphatic rings. The van der Waals surface area contributed by atoms with Crippen LogP contribution in [0.2, 0.25) is 0 Å². The highest BCUT2D eigenvalue weighted by atomic mass is 19.1. The fraction of sp³-hybridized carbons (Fsp3) is 0.444. The smallest absolute Gasteiger partial charge is 0.244 e. The van der Waals surface area contributed by atoms with Crippen molar-refractivity contribution < 1.29 is 14.0 Å². The minimum Gasteiger partial charge on any atom is -0.323 e. The van der Waals surface area contributed by atoms with Crippen LogP contribution >= 0.6 is 0 Å². The van der Waals surface area contributed by atoms with Crippen LogP contribution in [0.3, 0.4) is 0 Å². The molecule has 126 valence electrons. The van der Waals surface area contributed by atoms with Gasteiger partial charge in [0.25, 0.3) is 0 Å². The Balaban J connectivity index is 1.46. The first-order chi connectivity index (χ1) is 11.6. The van der Waals surface area contributed by atoms with E-state index in [0.717, 1.165) is 6.42 Å². The Labute approximate surface area is 140 Å². The Morgan fingerprint density at radius 3 is 2.71 bits per heavy atom. The van der Waals surface area contributed by atoms with Gasteiger partial charge in [-0.15, -0.1) is 0 Å². The molecule has 2 saturated heterocycles. The van der Waals surface area contributed by atoms with E-state index in [4.69, 9.17) is 0 Å². The van der Waals surface area contributed by atoms with Crippen molar-refractivity contribution in [2.24, 2.45) is 5.92 Å². The summed E-state index contributed by atoms with van der Waals surface area (Å²) in [6.45, 7) is 0.931. The third-order valence-corrected chi connectivity index (χ3v) is 5.29. The summed E-state index contributed by atoms with van der Waals surface area (Å²) < 4.78 is 14.0. The fourth-order valence-electron chi connectivity index (χ4n) is 3.97. The largest absolute Gasteiger partial charge is 0.323 e. The van der Waals surface area contributed by atoms with E-state index in [-0.39, 0.29) is 35.6 Å². The Morgan fingerprint density at radius 2 is 2.00 bits per heavy atom. The van der Waals surface area contributed by atoms with E-state index in [1.165, 1.54) is 11.0 Å². The van der Waals surface area contributed by atoms with Crippen molar-refractivity contribution in [3.63, 3.8) is 0 Å². The zero-order valence-electron chi connectivity index (χ0n) is 13.6. The monoisotopic (exact) mass is 329 g/mol. The molecule has 4 rings (SSSR count). The maximum Gasteiger partial charge on any atom is 0.244 e. The van der Waals surface area contributed by atoms with Crippen molar-refractivity contribution in [3.05, 3.63) is 42.2 Å². The van der Waals surface area contributed by atoms with Gasteiger partial charge in [0, 0.05) is 6.54 Å². The molecular weight excluding hydrogens is 309 g/mol. The molecule has 1 aliphatic carbocycles. The van der Waals surface area contributed by atoms with Gasteiger partial charge in [-0.2, -0.15) is 0 Å². The molecule has 2 bridgehead atoms. The molecular formula is C18H20FN3O2. The quantitative estimate of drug-likeness (QED) is 0.788. The van der Waals surface area contributed by atoms with Crippen molar-refractivity contribution in [1.29, 1.82) is 0 Å². The van der Waals surface area contributed by atoms with Gasteiger partial charge in [0.15, 0.2) is 0 Å². The van der Waals surface area contributed by atoms with Crippen LogP contribution in [-0.2, 0) is 9.59 Å². The number of anilines is 1. The molecule has 2 amide bonds. The summed E-state index contributed by atoms with van der Waals surface area (Å²) in [6.07, 6.45) is 5.54. The van der Waals surface area contributed by atoms with Crippen molar-refractivity contribution in [3.8, 4) is 0 Å². The van der Waals surface area contributed by atoms with Crippen LogP contribution in [0.1, 0.15) is 12.8 Å². The van der Waals surface area contributed by atoms with E-state index >= 15 is 0 Å². The molecule has 6 heteroatoms. The third-order valence-electron chi connectivity index (χ3n) is 5.29. The Hall–Kier alpha value is -2.21. The van der Waals surface area contributed by atoms with E-state index < -0.39 is 0 Å². The zero-order chi connectivity index (χ0) is 16.8. The predicted molar refractivity (Wildman–Crippen MR) is 87.7 cm³/mol. The molecule has 24 heavy (non-hydrogen) atoms. The minimum absolute atomic E-state index is 0.0117. The fourth-order valence-corrected chi connectivity index (χ4v) is 3.97. The highest BCUT2D eigenvalue weighted by molar-refractivity contribution is 5.99. The lowest BCUT2D eigenvalue weighted by Gasteiger charge is -2.32. The second-order valence-electron chi connectivity index (χ2n) is 6.75. The zero-order valence-corrected chi connectivity index (χ0v) is 13.6. The number of rotatable bonds is 4. The van der Waals surface area contributed by atoms with Crippen LogP contribution < -0.4 is 4.90 Å². The van der Waals surface area contributed by atoms with Crippen LogP contribution in [0.5, 0.6) is 0 Å². The summed E-state index contributed by atoms with van der Waals surface area (Å²) in [7, 11) is 1.86. The summed E-state index contributed by atoms with van der Waals surface area (Å²) >= 11 is 0. The summed E-state index contributed by atoms with van der Waals surface area (Å²) in [5.74, 6) is -0.329. The first-order valence-corrected chi connectivity index (χ1v) is 8.31. The van der Waals surface area contributed by atoms with Gasteiger partial charge in [-0.1, -0.05) is 24.3 Å². The number of likely N-dealkylation sites (tertiary alicyclic amines) is 1. The Bertz CT molecular complexity index is 720. The number of carbonyl (C=O) groups is 2. The normalized spacial score (nSPS) is 28.7. The lowest BCUT2D eigenvalue weighted by atomic mass is 10.1. The van der Waals surface area contributed by atoms with Crippen molar-refractivity contribution in [2.75, 3.05) is 25.2 Å². The van der Waals surface area contributed by atoms with Crippen LogP contribution in [0.15, 0.2) is 36.4 Å². The number of hydrogen-bond donors (Lipinski definition) is 0. The molecule has 3 unspecified atom stereocenters. The number of likely N-dealkylation sites (N-methyl/N-ethyl adjacent to an activating group) is 1. The van der Waals surface area contributed by atoms with Crippen molar-refractivity contribution >= 4 is 17.5 Å². The maximum atomic E-state index is 14.0. The standard InChI is InChI=1S/C18H20FN3O2/c1-20(11-22-13-7-6-12(10-13)17(22)23)16-8-9-21(18(16)24)15-5-3-2-4-14(15)19/h2-7,12-13,16H,8-11H2,1H3. The summed E-state index contributed by atoms with van der Waals surface area (Å²) in [4.78, 5) is 30.2. The summed E-state index contributed by atoms with van der Waals surface area (Å²) in [6, 6.07) is 6.18. The van der Waals surface area contributed by atoms with Gasteiger partial charge in [0.05, 0.1) is 30.4 Å². The number of amides is 2. The Morgan fingerprint density at radius 1 is 1.21 bits per heavy atom. The van der Waals surface area contributed by atoms with E-state index in [1.807, 2.05) is 22.9 Å². The van der Waals surface area contributed by atoms with Gasteiger partial charge in [-0.3, -0.25) is 14.5 Å². The molecule has 1 aromatic rings. The molecule has 0 N–H and O–H groups in total. The topological polar surface area (TPSA) is 43.9 Å². The summed E-state index contributed by atoms with van der Waals surface area (Å²) in [5, 5.41) is 0. The van der Waals surface area contributed by atoms with Crippen LogP contribution in [0, 0.1) is 11.7 Å². The number of para-hydroxylation sites is 1. The van der Waals surface area contributed by atoms with Gasteiger partial charge in [0.2, 0.25) is 11.8 Å². The second kappa shape index (κ2) is 5.70. The highest BCUT2D eigenvalue weighted by Gasteiger charge is 2.43. The number of fused-ring (bicyclic) bond motifs is 2. The molecule has 0 aromatic heterocycles. The minimum atomic E-state index is -0.383. The lowest BCUT2D eigenvalue weighted by Crippen LogP contribution is -2.48. The highest BCUT2D eigenvalue weighted by Crippen LogP contribution is 2.33. The molecule has 2 fully saturated rings. The molecule has 2 aliphatic heterocycles. The Kier molecular flexibility index (Phi) is 3.64. The van der Waals surface area contributed by atoms with Crippen molar-refractivity contribution in [2.45, 2.75) is 24.9 Å². The van der Waals surface area contributed by atoms with Gasteiger partial charge in [-0.25, -0.2) is 4.39 Å². The van der Waals surface area contributed by atoms with E-state index in [0.29, 0.717) is 25.3 Å². The number of benzene rings is 1. The van der Waals surface area contributed by atoms with Crippen molar-refractivity contribution in [1.82, 2.24) is 9.80 Å². The van der Waals surface area contributed by atoms with E-state index in [2.05, 4.69) is 6.08 Å². The number of hydrogen-bond acceptors (Lipinski definition) is 3.